The topological polar surface area (TPSA) is 267 Å². The minimum atomic E-state index is -5.46. The van der Waals surface area contributed by atoms with Gasteiger partial charge in [0, 0.05) is 31.1 Å². The number of aliphatic hydroxyl groups excluding tert-OH is 7. The molecule has 16 nitrogen and oxygen atoms in total. The van der Waals surface area contributed by atoms with E-state index in [2.05, 4.69) is 19.1 Å². The van der Waals surface area contributed by atoms with Crippen LogP contribution in [0.3, 0.4) is 0 Å². The molecule has 1 heterocycles. The lowest BCUT2D eigenvalue weighted by atomic mass is 9.84. The van der Waals surface area contributed by atoms with Gasteiger partial charge in [-0.15, -0.1) is 0 Å². The van der Waals surface area contributed by atoms with Crippen molar-refractivity contribution in [2.24, 2.45) is 11.8 Å². The highest BCUT2D eigenvalue weighted by atomic mass is 31.2. The first kappa shape index (κ1) is 57.8. The molecule has 0 spiro atoms. The van der Waals surface area contributed by atoms with Crippen molar-refractivity contribution >= 4 is 25.5 Å². The van der Waals surface area contributed by atoms with Crippen molar-refractivity contribution in [1.82, 2.24) is 0 Å². The number of Topliss-reactive ketones (excluding diaryl/α,β-unsaturated/α-hetero) is 1. The highest BCUT2D eigenvalue weighted by Crippen LogP contribution is 2.47. The lowest BCUT2D eigenvalue weighted by Crippen LogP contribution is -2.55. The van der Waals surface area contributed by atoms with Crippen LogP contribution in [-0.4, -0.2) is 127 Å². The second-order valence-electron chi connectivity index (χ2n) is 17.4. The molecule has 0 radical (unpaired) electrons. The van der Waals surface area contributed by atoms with Gasteiger partial charge in [-0.05, 0) is 57.8 Å². The van der Waals surface area contributed by atoms with Crippen molar-refractivity contribution < 1.29 is 78.1 Å². The number of hydrogen-bond acceptors (Lipinski definition) is 15. The molecule has 0 aromatic rings. The second kappa shape index (κ2) is 33.2. The zero-order valence-electron chi connectivity index (χ0n) is 38.3. The Labute approximate surface area is 380 Å². The van der Waals surface area contributed by atoms with E-state index in [0.717, 1.165) is 64.2 Å². The number of cyclic esters (lactones) is 1. The summed E-state index contributed by atoms with van der Waals surface area (Å²) in [6.07, 6.45) is 8.52. The number of phosphoric ester groups is 1. The Hall–Kier alpha value is -2.34. The van der Waals surface area contributed by atoms with Gasteiger partial charge in [0.05, 0.1) is 31.0 Å². The Morgan fingerprint density at radius 2 is 1.41 bits per heavy atom. The molecule has 1 unspecified atom stereocenters. The van der Waals surface area contributed by atoms with Crippen LogP contribution in [0.1, 0.15) is 162 Å². The van der Waals surface area contributed by atoms with Crippen LogP contribution in [0.4, 0.5) is 0 Å². The molecular weight excluding hydrogens is 851 g/mol. The number of carbonyl (C=O) groups excluding carboxylic acids is 3. The van der Waals surface area contributed by atoms with Gasteiger partial charge in [-0.25, -0.2) is 4.57 Å². The zero-order chi connectivity index (χ0) is 47.3. The molecule has 2 bridgehead atoms. The normalized spacial score (nSPS) is 31.8. The van der Waals surface area contributed by atoms with Crippen LogP contribution in [-0.2, 0) is 37.5 Å². The minimum Gasteiger partial charge on any atom is -0.462 e. The summed E-state index contributed by atoms with van der Waals surface area (Å²) in [6.45, 7) is 2.78. The third-order valence-electron chi connectivity index (χ3n) is 11.8. The van der Waals surface area contributed by atoms with Gasteiger partial charge in [0.2, 0.25) is 0 Å². The molecule has 2 aliphatic rings. The molecule has 1 aliphatic carbocycles. The van der Waals surface area contributed by atoms with Gasteiger partial charge >= 0.3 is 19.8 Å². The molecule has 0 amide bonds. The molecule has 0 aromatic carbocycles. The average Bonchev–Trinajstić information content (AvgIpc) is 3.26. The molecule has 1 saturated carbocycles. The maximum Gasteiger partial charge on any atom is 0.472 e. The molecule has 0 saturated heterocycles. The fraction of sp³-hybridized carbons (Fsp3) is 0.809. The summed E-state index contributed by atoms with van der Waals surface area (Å²) in [6, 6.07) is 0. The average molecular weight is 933 g/mol. The third-order valence-corrected chi connectivity index (χ3v) is 12.8. The van der Waals surface area contributed by atoms with E-state index in [9.17, 15) is 59.6 Å². The van der Waals surface area contributed by atoms with Crippen molar-refractivity contribution in [2.75, 3.05) is 13.2 Å². The Balaban J connectivity index is 2.20. The van der Waals surface area contributed by atoms with Gasteiger partial charge in [-0.3, -0.25) is 23.4 Å². The van der Waals surface area contributed by atoms with E-state index in [0.29, 0.717) is 32.1 Å². The van der Waals surface area contributed by atoms with Crippen molar-refractivity contribution in [3.63, 3.8) is 0 Å². The maximum atomic E-state index is 13.6. The van der Waals surface area contributed by atoms with Crippen LogP contribution >= 0.6 is 7.82 Å². The fourth-order valence-corrected chi connectivity index (χ4v) is 8.78. The molecule has 2 rings (SSSR count). The van der Waals surface area contributed by atoms with Crippen LogP contribution in [0.5, 0.6) is 0 Å². The summed E-state index contributed by atoms with van der Waals surface area (Å²) in [7, 11) is -5.46. The smallest absolute Gasteiger partial charge is 0.462 e. The number of aliphatic hydroxyl groups is 7. The van der Waals surface area contributed by atoms with Crippen LogP contribution < -0.4 is 0 Å². The predicted molar refractivity (Wildman–Crippen MR) is 240 cm³/mol. The van der Waals surface area contributed by atoms with E-state index in [4.69, 9.17) is 18.5 Å². The van der Waals surface area contributed by atoms with Gasteiger partial charge in [-0.2, -0.15) is 0 Å². The first-order valence-corrected chi connectivity index (χ1v) is 25.4. The SMILES string of the molecule is CCCCCC/C=C\CCCCCCCCCC(=O)O[C@@H]1COC(=O)CCC/C=C\C[C@H]2C(=O)C[C@@H](O)[C@H](/C=C/[C@@H](O)CCCCC)[C@@H](O)[C@@H](O)[C@@H](OP(=O)(O)OC1)[C@H](O)[C@@H](O)[C@@H]2O. The van der Waals surface area contributed by atoms with Crippen LogP contribution in [0.25, 0.3) is 0 Å². The van der Waals surface area contributed by atoms with Crippen molar-refractivity contribution in [1.29, 1.82) is 0 Å². The number of phosphoric acid groups is 1. The van der Waals surface area contributed by atoms with E-state index in [1.807, 2.05) is 6.92 Å². The molecule has 1 aliphatic heterocycles. The van der Waals surface area contributed by atoms with E-state index >= 15 is 0 Å². The first-order valence-electron chi connectivity index (χ1n) is 23.9. The standard InChI is InChI=1S/C47H81O16P/c1-3-5-7-8-9-10-11-12-13-14-15-16-17-18-24-28-41(52)62-35-32-60-40(51)27-23-20-19-22-26-36-38(49)31-39(50)37(30-29-34(48)25-21-6-4-2)43(54)45(56)47(46(57)44(55)42(36)53)63-64(58,59)61-33-35/h10-11,19,22,29-30,34-37,39,42-48,50,53-57H,3-9,12-18,20-21,23-28,31-33H2,1-2H3,(H,58,59)/b11-10-,22-19-,30-29+/t34-,35+,36-,37-,39+,42+,43+,44-,45+,46+,47+/m0/s1. The molecule has 17 heteroatoms. The monoisotopic (exact) mass is 933 g/mol. The van der Waals surface area contributed by atoms with Crippen LogP contribution in [0.15, 0.2) is 36.5 Å². The van der Waals surface area contributed by atoms with Gasteiger partial charge in [-0.1, -0.05) is 121 Å². The quantitative estimate of drug-likeness (QED) is 0.0269. The van der Waals surface area contributed by atoms with Gasteiger partial charge in [0.1, 0.15) is 36.8 Å². The van der Waals surface area contributed by atoms with E-state index in [1.165, 1.54) is 43.9 Å². The highest BCUT2D eigenvalue weighted by Gasteiger charge is 2.49. The lowest BCUT2D eigenvalue weighted by molar-refractivity contribution is -0.166. The Bertz CT molecular complexity index is 1440. The van der Waals surface area contributed by atoms with Gasteiger partial charge < -0.3 is 50.1 Å². The highest BCUT2D eigenvalue weighted by molar-refractivity contribution is 7.47. The number of fused-ring (bicyclic) bond motifs is 4. The molecular formula is C47H81O16P. The van der Waals surface area contributed by atoms with Crippen molar-refractivity contribution in [2.45, 2.75) is 216 Å². The molecule has 370 valence electrons. The van der Waals surface area contributed by atoms with Crippen molar-refractivity contribution in [3.8, 4) is 0 Å². The molecule has 12 atom stereocenters. The summed E-state index contributed by atoms with van der Waals surface area (Å²) in [5.41, 5.74) is 0. The first-order chi connectivity index (χ1) is 30.6. The van der Waals surface area contributed by atoms with Gasteiger partial charge in [0.15, 0.2) is 6.10 Å². The Morgan fingerprint density at radius 1 is 0.797 bits per heavy atom. The van der Waals surface area contributed by atoms with E-state index < -0.39 is 112 Å². The van der Waals surface area contributed by atoms with E-state index in [-0.39, 0.29) is 19.3 Å². The lowest BCUT2D eigenvalue weighted by Gasteiger charge is -2.36. The molecule has 0 aromatic heterocycles. The summed E-state index contributed by atoms with van der Waals surface area (Å²) in [5, 5.41) is 78.5. The summed E-state index contributed by atoms with van der Waals surface area (Å²) >= 11 is 0. The third kappa shape index (κ3) is 23.4. The number of allylic oxidation sites excluding steroid dienone is 4. The molecule has 8 N–H and O–H groups in total. The summed E-state index contributed by atoms with van der Waals surface area (Å²) in [4.78, 5) is 50.0. The number of unbranched alkanes of at least 4 members (excludes halogenated alkanes) is 13. The van der Waals surface area contributed by atoms with Crippen LogP contribution in [0.2, 0.25) is 0 Å². The molecule has 64 heavy (non-hydrogen) atoms. The number of hydrogen-bond donors (Lipinski definition) is 8. The predicted octanol–water partition coefficient (Wildman–Crippen LogP) is 5.98. The summed E-state index contributed by atoms with van der Waals surface area (Å²) in [5.74, 6) is -5.09. The van der Waals surface area contributed by atoms with E-state index in [1.54, 1.807) is 6.08 Å². The largest absolute Gasteiger partial charge is 0.472 e. The second-order valence-corrected chi connectivity index (χ2v) is 18.8. The number of carbonyl (C=O) groups is 3. The van der Waals surface area contributed by atoms with Crippen LogP contribution in [0, 0.1) is 11.8 Å². The fourth-order valence-electron chi connectivity index (χ4n) is 7.81. The zero-order valence-corrected chi connectivity index (χ0v) is 39.2. The molecule has 1 fully saturated rings. The minimum absolute atomic E-state index is 0.0202. The number of ether oxygens (including phenoxy) is 2. The Kier molecular flexibility index (Phi) is 30.0. The summed E-state index contributed by atoms with van der Waals surface area (Å²) < 4.78 is 34.7. The number of rotatable bonds is 22. The Morgan fingerprint density at radius 3 is 2.08 bits per heavy atom. The number of ketones is 1. The number of esters is 2. The maximum absolute atomic E-state index is 13.6. The van der Waals surface area contributed by atoms with Crippen molar-refractivity contribution in [3.05, 3.63) is 36.5 Å². The van der Waals surface area contributed by atoms with Gasteiger partial charge in [0.25, 0.3) is 0 Å².